The number of hydrogen-bond acceptors (Lipinski definition) is 2. The maximum absolute atomic E-state index is 10.2. The number of methoxy groups -OCH3 is 1. The average molecular weight is 206 g/mol. The van der Waals surface area contributed by atoms with E-state index in [2.05, 4.69) is 26.0 Å². The molecule has 1 aliphatic carbocycles. The van der Waals surface area contributed by atoms with Crippen LogP contribution in [0.3, 0.4) is 0 Å². The summed E-state index contributed by atoms with van der Waals surface area (Å²) in [5, 5.41) is 10.2. The van der Waals surface area contributed by atoms with Crippen LogP contribution in [0, 0.1) is 5.92 Å². The molecule has 2 rings (SSSR count). The Labute approximate surface area is 90.9 Å². The number of rotatable bonds is 3. The second-order valence-electron chi connectivity index (χ2n) is 4.66. The molecule has 2 atom stereocenters. The van der Waals surface area contributed by atoms with E-state index in [1.165, 1.54) is 5.56 Å². The zero-order chi connectivity index (χ0) is 11.1. The fourth-order valence-electron chi connectivity index (χ4n) is 2.64. The standard InChI is InChI=1S/C13H18O2/c1-10(2)12(9-13(12,14)15-3)11-7-5-4-6-8-11/h4-8,10,14H,9H2,1-3H3/t12-,13+/m1/s1. The summed E-state index contributed by atoms with van der Waals surface area (Å²) in [7, 11) is 1.58. The SMILES string of the molecule is CO[C@@]1(O)C[C@]1(c1ccccc1)C(C)C. The predicted molar refractivity (Wildman–Crippen MR) is 59.5 cm³/mol. The van der Waals surface area contributed by atoms with Crippen molar-refractivity contribution < 1.29 is 9.84 Å². The first-order valence-electron chi connectivity index (χ1n) is 5.40. The van der Waals surface area contributed by atoms with Gasteiger partial charge in [-0.1, -0.05) is 44.2 Å². The van der Waals surface area contributed by atoms with Crippen LogP contribution in [0.25, 0.3) is 0 Å². The molecule has 2 heteroatoms. The van der Waals surface area contributed by atoms with Crippen LogP contribution in [-0.2, 0) is 10.2 Å². The minimum Gasteiger partial charge on any atom is -0.365 e. The molecule has 0 spiro atoms. The summed E-state index contributed by atoms with van der Waals surface area (Å²) in [6, 6.07) is 10.1. The summed E-state index contributed by atoms with van der Waals surface area (Å²) in [6.07, 6.45) is 0.693. The molecule has 0 radical (unpaired) electrons. The minimum atomic E-state index is -0.970. The Hall–Kier alpha value is -0.860. The fraction of sp³-hybridized carbons (Fsp3) is 0.538. The van der Waals surface area contributed by atoms with Crippen molar-refractivity contribution in [2.45, 2.75) is 31.5 Å². The van der Waals surface area contributed by atoms with Crippen LogP contribution in [0.5, 0.6) is 0 Å². The molecule has 0 aromatic heterocycles. The molecule has 1 aromatic carbocycles. The topological polar surface area (TPSA) is 29.5 Å². The van der Waals surface area contributed by atoms with E-state index in [9.17, 15) is 5.11 Å². The molecule has 0 aliphatic heterocycles. The van der Waals surface area contributed by atoms with Gasteiger partial charge in [0.05, 0.1) is 5.41 Å². The first-order valence-corrected chi connectivity index (χ1v) is 5.40. The molecule has 1 N–H and O–H groups in total. The van der Waals surface area contributed by atoms with Gasteiger partial charge in [0.25, 0.3) is 0 Å². The Bertz CT molecular complexity index is 347. The smallest absolute Gasteiger partial charge is 0.176 e. The number of ether oxygens (including phenoxy) is 1. The van der Waals surface area contributed by atoms with E-state index in [0.29, 0.717) is 12.3 Å². The van der Waals surface area contributed by atoms with E-state index in [-0.39, 0.29) is 5.41 Å². The van der Waals surface area contributed by atoms with E-state index in [1.807, 2.05) is 18.2 Å². The minimum absolute atomic E-state index is 0.219. The molecule has 82 valence electrons. The summed E-state index contributed by atoms with van der Waals surface area (Å²) >= 11 is 0. The van der Waals surface area contributed by atoms with Crippen molar-refractivity contribution in [1.29, 1.82) is 0 Å². The van der Waals surface area contributed by atoms with Gasteiger partial charge in [0.1, 0.15) is 0 Å². The summed E-state index contributed by atoms with van der Waals surface area (Å²) in [6.45, 7) is 4.26. The van der Waals surface area contributed by atoms with Crippen LogP contribution < -0.4 is 0 Å². The average Bonchev–Trinajstić information content (AvgIpc) is 2.89. The predicted octanol–water partition coefficient (Wildman–Crippen LogP) is 2.32. The second kappa shape index (κ2) is 3.32. The van der Waals surface area contributed by atoms with Crippen molar-refractivity contribution in [1.82, 2.24) is 0 Å². The van der Waals surface area contributed by atoms with Crippen LogP contribution in [-0.4, -0.2) is 18.0 Å². The maximum atomic E-state index is 10.2. The Balaban J connectivity index is 2.40. The van der Waals surface area contributed by atoms with Crippen molar-refractivity contribution >= 4 is 0 Å². The molecule has 0 saturated heterocycles. The van der Waals surface area contributed by atoms with Crippen molar-refractivity contribution in [2.75, 3.05) is 7.11 Å². The highest BCUT2D eigenvalue weighted by atomic mass is 16.6. The van der Waals surface area contributed by atoms with Gasteiger partial charge in [-0.3, -0.25) is 0 Å². The van der Waals surface area contributed by atoms with Gasteiger partial charge in [-0.25, -0.2) is 0 Å². The van der Waals surface area contributed by atoms with E-state index in [0.717, 1.165) is 0 Å². The third kappa shape index (κ3) is 1.32. The monoisotopic (exact) mass is 206 g/mol. The van der Waals surface area contributed by atoms with Crippen molar-refractivity contribution in [3.05, 3.63) is 35.9 Å². The summed E-state index contributed by atoms with van der Waals surface area (Å²) in [5.41, 5.74) is 0.951. The Morgan fingerprint density at radius 3 is 2.27 bits per heavy atom. The van der Waals surface area contributed by atoms with Gasteiger partial charge in [0.15, 0.2) is 5.79 Å². The number of aliphatic hydroxyl groups is 1. The summed E-state index contributed by atoms with van der Waals surface area (Å²) in [5.74, 6) is -0.604. The highest BCUT2D eigenvalue weighted by Crippen LogP contribution is 2.62. The largest absolute Gasteiger partial charge is 0.365 e. The molecule has 15 heavy (non-hydrogen) atoms. The number of benzene rings is 1. The molecule has 0 amide bonds. The van der Waals surface area contributed by atoms with Crippen molar-refractivity contribution in [2.24, 2.45) is 5.92 Å². The third-order valence-electron chi connectivity index (χ3n) is 3.70. The third-order valence-corrected chi connectivity index (χ3v) is 3.70. The molecule has 1 fully saturated rings. The molecule has 1 aliphatic rings. The van der Waals surface area contributed by atoms with E-state index in [1.54, 1.807) is 7.11 Å². The van der Waals surface area contributed by atoms with Crippen molar-refractivity contribution in [3.8, 4) is 0 Å². The maximum Gasteiger partial charge on any atom is 0.176 e. The highest BCUT2D eigenvalue weighted by Gasteiger charge is 2.70. The van der Waals surface area contributed by atoms with Crippen LogP contribution in [0.2, 0.25) is 0 Å². The van der Waals surface area contributed by atoms with E-state index >= 15 is 0 Å². The van der Waals surface area contributed by atoms with Gasteiger partial charge in [0.2, 0.25) is 0 Å². The molecular formula is C13H18O2. The van der Waals surface area contributed by atoms with E-state index in [4.69, 9.17) is 4.74 Å². The van der Waals surface area contributed by atoms with Gasteiger partial charge in [0, 0.05) is 13.5 Å². The first kappa shape index (κ1) is 10.7. The normalized spacial score (nSPS) is 34.5. The lowest BCUT2D eigenvalue weighted by molar-refractivity contribution is -0.124. The van der Waals surface area contributed by atoms with Gasteiger partial charge >= 0.3 is 0 Å². The fourth-order valence-corrected chi connectivity index (χ4v) is 2.64. The van der Waals surface area contributed by atoms with Crippen molar-refractivity contribution in [3.63, 3.8) is 0 Å². The van der Waals surface area contributed by atoms with Crippen LogP contribution in [0.15, 0.2) is 30.3 Å². The van der Waals surface area contributed by atoms with Crippen LogP contribution in [0.1, 0.15) is 25.8 Å². The van der Waals surface area contributed by atoms with Crippen LogP contribution >= 0.6 is 0 Å². The Morgan fingerprint density at radius 1 is 1.27 bits per heavy atom. The first-order chi connectivity index (χ1) is 7.07. The summed E-state index contributed by atoms with van der Waals surface area (Å²) in [4.78, 5) is 0. The molecule has 2 nitrogen and oxygen atoms in total. The molecular weight excluding hydrogens is 188 g/mol. The van der Waals surface area contributed by atoms with Gasteiger partial charge < -0.3 is 9.84 Å². The van der Waals surface area contributed by atoms with E-state index < -0.39 is 5.79 Å². The second-order valence-corrected chi connectivity index (χ2v) is 4.66. The molecule has 1 aromatic rings. The van der Waals surface area contributed by atoms with Crippen LogP contribution in [0.4, 0.5) is 0 Å². The lowest BCUT2D eigenvalue weighted by Crippen LogP contribution is -2.30. The van der Waals surface area contributed by atoms with Gasteiger partial charge in [-0.05, 0) is 11.5 Å². The Morgan fingerprint density at radius 2 is 1.87 bits per heavy atom. The molecule has 0 bridgehead atoms. The Kier molecular flexibility index (Phi) is 2.36. The quantitative estimate of drug-likeness (QED) is 0.769. The summed E-state index contributed by atoms with van der Waals surface area (Å²) < 4.78 is 5.24. The molecule has 1 saturated carbocycles. The zero-order valence-corrected chi connectivity index (χ0v) is 9.53. The lowest BCUT2D eigenvalue weighted by atomic mass is 9.84. The van der Waals surface area contributed by atoms with Gasteiger partial charge in [-0.15, -0.1) is 0 Å². The molecule has 0 heterocycles. The lowest BCUT2D eigenvalue weighted by Gasteiger charge is -2.25. The highest BCUT2D eigenvalue weighted by molar-refractivity contribution is 5.38. The molecule has 0 unspecified atom stereocenters. The number of hydrogen-bond donors (Lipinski definition) is 1. The zero-order valence-electron chi connectivity index (χ0n) is 9.53. The van der Waals surface area contributed by atoms with Gasteiger partial charge in [-0.2, -0.15) is 0 Å².